The lowest BCUT2D eigenvalue weighted by atomic mass is 10.2. The van der Waals surface area contributed by atoms with Crippen LogP contribution in [0.2, 0.25) is 5.02 Å². The number of aryl methyl sites for hydroxylation is 1. The van der Waals surface area contributed by atoms with E-state index in [1.54, 1.807) is 12.1 Å². The summed E-state index contributed by atoms with van der Waals surface area (Å²) in [6, 6.07) is 13.4. The Balaban J connectivity index is 1.56. The number of nitrogens with one attached hydrogen (secondary N) is 1. The number of rotatable bonds is 5. The van der Waals surface area contributed by atoms with Gasteiger partial charge < -0.3 is 10.1 Å². The number of carbonyl (C=O) groups excluding carboxylic acids is 1. The Hall–Kier alpha value is -1.30. The zero-order chi connectivity index (χ0) is 16.9. The number of carbonyl (C=O) groups is 1. The molecule has 6 heteroatoms. The Bertz CT molecular complexity index is 733. The van der Waals surface area contributed by atoms with Gasteiger partial charge in [-0.15, -0.1) is 23.5 Å². The minimum absolute atomic E-state index is 0.0295. The predicted molar refractivity (Wildman–Crippen MR) is 104 cm³/mol. The SMILES string of the molecule is Cc1cc(OCC(=O)Nc2cccc(C3SCCS3)c2)ccc1Cl. The summed E-state index contributed by atoms with van der Waals surface area (Å²) in [5.41, 5.74) is 2.98. The zero-order valence-electron chi connectivity index (χ0n) is 13.3. The molecule has 0 radical (unpaired) electrons. The summed E-state index contributed by atoms with van der Waals surface area (Å²) >= 11 is 9.88. The molecule has 3 nitrogen and oxygen atoms in total. The van der Waals surface area contributed by atoms with E-state index in [9.17, 15) is 4.79 Å². The van der Waals surface area contributed by atoms with E-state index in [2.05, 4.69) is 11.4 Å². The summed E-state index contributed by atoms with van der Waals surface area (Å²) in [6.45, 7) is 1.87. The highest BCUT2D eigenvalue weighted by Crippen LogP contribution is 2.45. The van der Waals surface area contributed by atoms with E-state index in [1.165, 1.54) is 17.1 Å². The molecule has 2 aromatic rings. The molecule has 3 rings (SSSR count). The molecule has 1 heterocycles. The molecule has 0 unspecified atom stereocenters. The van der Waals surface area contributed by atoms with Crippen LogP contribution in [0.3, 0.4) is 0 Å². The number of hydrogen-bond donors (Lipinski definition) is 1. The van der Waals surface area contributed by atoms with Crippen LogP contribution in [-0.2, 0) is 4.79 Å². The summed E-state index contributed by atoms with van der Waals surface area (Å²) < 4.78 is 5.99. The lowest BCUT2D eigenvalue weighted by Crippen LogP contribution is -2.20. The van der Waals surface area contributed by atoms with E-state index in [1.807, 2.05) is 54.7 Å². The van der Waals surface area contributed by atoms with E-state index in [0.29, 0.717) is 15.4 Å². The van der Waals surface area contributed by atoms with Crippen LogP contribution >= 0.6 is 35.1 Å². The predicted octanol–water partition coefficient (Wildman–Crippen LogP) is 5.14. The monoisotopic (exact) mass is 379 g/mol. The first kappa shape index (κ1) is 17.5. The van der Waals surface area contributed by atoms with E-state index in [4.69, 9.17) is 16.3 Å². The highest BCUT2D eigenvalue weighted by molar-refractivity contribution is 8.19. The van der Waals surface area contributed by atoms with Crippen LogP contribution in [0.15, 0.2) is 42.5 Å². The van der Waals surface area contributed by atoms with Gasteiger partial charge in [-0.05, 0) is 48.4 Å². The lowest BCUT2D eigenvalue weighted by Gasteiger charge is -2.12. The molecule has 1 N–H and O–H groups in total. The van der Waals surface area contributed by atoms with Gasteiger partial charge in [0, 0.05) is 22.2 Å². The van der Waals surface area contributed by atoms with Crippen molar-refractivity contribution in [1.82, 2.24) is 0 Å². The molecular formula is C18H18ClNO2S2. The molecule has 1 aliphatic heterocycles. The Labute approximate surface area is 155 Å². The lowest BCUT2D eigenvalue weighted by molar-refractivity contribution is -0.118. The summed E-state index contributed by atoms with van der Waals surface area (Å²) in [5.74, 6) is 2.83. The van der Waals surface area contributed by atoms with Crippen LogP contribution in [0.1, 0.15) is 15.7 Å². The van der Waals surface area contributed by atoms with Gasteiger partial charge in [0.2, 0.25) is 0 Å². The van der Waals surface area contributed by atoms with Crippen molar-refractivity contribution in [2.24, 2.45) is 0 Å². The van der Waals surface area contributed by atoms with Gasteiger partial charge in [-0.1, -0.05) is 23.7 Å². The molecule has 0 aromatic heterocycles. The van der Waals surface area contributed by atoms with Gasteiger partial charge >= 0.3 is 0 Å². The maximum absolute atomic E-state index is 12.1. The number of benzene rings is 2. The topological polar surface area (TPSA) is 38.3 Å². The Morgan fingerprint density at radius 2 is 2.04 bits per heavy atom. The first-order valence-corrected chi connectivity index (χ1v) is 10.1. The number of halogens is 1. The van der Waals surface area contributed by atoms with Crippen LogP contribution in [0.5, 0.6) is 5.75 Å². The van der Waals surface area contributed by atoms with Gasteiger partial charge in [0.1, 0.15) is 5.75 Å². The Morgan fingerprint density at radius 3 is 2.79 bits per heavy atom. The molecule has 0 bridgehead atoms. The number of hydrogen-bond acceptors (Lipinski definition) is 4. The number of thioether (sulfide) groups is 2. The second-order valence-corrected chi connectivity index (χ2v) is 8.58. The molecule has 0 saturated carbocycles. The van der Waals surface area contributed by atoms with Gasteiger partial charge in [-0.3, -0.25) is 4.79 Å². The van der Waals surface area contributed by atoms with Crippen molar-refractivity contribution in [3.63, 3.8) is 0 Å². The van der Waals surface area contributed by atoms with Crippen molar-refractivity contribution in [1.29, 1.82) is 0 Å². The average molecular weight is 380 g/mol. The maximum Gasteiger partial charge on any atom is 0.262 e. The number of amides is 1. The van der Waals surface area contributed by atoms with Crippen LogP contribution < -0.4 is 10.1 Å². The largest absolute Gasteiger partial charge is 0.484 e. The Morgan fingerprint density at radius 1 is 1.25 bits per heavy atom. The van der Waals surface area contributed by atoms with Gasteiger partial charge in [0.05, 0.1) is 4.58 Å². The molecule has 126 valence electrons. The van der Waals surface area contributed by atoms with Gasteiger partial charge in [-0.25, -0.2) is 0 Å². The molecule has 1 amide bonds. The summed E-state index contributed by atoms with van der Waals surface area (Å²) in [7, 11) is 0. The first-order valence-electron chi connectivity index (χ1n) is 7.64. The van der Waals surface area contributed by atoms with Gasteiger partial charge in [-0.2, -0.15) is 0 Å². The molecule has 1 aliphatic rings. The third-order valence-electron chi connectivity index (χ3n) is 3.56. The van der Waals surface area contributed by atoms with E-state index >= 15 is 0 Å². The molecule has 1 fully saturated rings. The Kier molecular flexibility index (Phi) is 5.98. The van der Waals surface area contributed by atoms with Crippen LogP contribution in [0, 0.1) is 6.92 Å². The second-order valence-electron chi connectivity index (χ2n) is 5.45. The van der Waals surface area contributed by atoms with Crippen molar-refractivity contribution in [2.45, 2.75) is 11.5 Å². The minimum atomic E-state index is -0.175. The van der Waals surface area contributed by atoms with Crippen molar-refractivity contribution in [2.75, 3.05) is 23.4 Å². The third-order valence-corrected chi connectivity index (χ3v) is 7.09. The molecule has 0 spiro atoms. The molecule has 0 aliphatic carbocycles. The summed E-state index contributed by atoms with van der Waals surface area (Å²) in [5, 5.41) is 3.58. The minimum Gasteiger partial charge on any atom is -0.484 e. The fraction of sp³-hybridized carbons (Fsp3) is 0.278. The third kappa shape index (κ3) is 4.62. The van der Waals surface area contributed by atoms with Gasteiger partial charge in [0.15, 0.2) is 6.61 Å². The smallest absolute Gasteiger partial charge is 0.262 e. The highest BCUT2D eigenvalue weighted by Gasteiger charge is 2.18. The van der Waals surface area contributed by atoms with E-state index < -0.39 is 0 Å². The van der Waals surface area contributed by atoms with Gasteiger partial charge in [0.25, 0.3) is 5.91 Å². The second kappa shape index (κ2) is 8.19. The summed E-state index contributed by atoms with van der Waals surface area (Å²) in [6.07, 6.45) is 0. The summed E-state index contributed by atoms with van der Waals surface area (Å²) in [4.78, 5) is 12.1. The average Bonchev–Trinajstić information content (AvgIpc) is 3.11. The molecule has 2 aromatic carbocycles. The quantitative estimate of drug-likeness (QED) is 0.780. The van der Waals surface area contributed by atoms with E-state index in [0.717, 1.165) is 11.3 Å². The van der Waals surface area contributed by atoms with Crippen molar-refractivity contribution in [3.05, 3.63) is 58.6 Å². The van der Waals surface area contributed by atoms with Crippen LogP contribution in [-0.4, -0.2) is 24.0 Å². The molecule has 24 heavy (non-hydrogen) atoms. The fourth-order valence-electron chi connectivity index (χ4n) is 2.37. The van der Waals surface area contributed by atoms with Crippen molar-refractivity contribution < 1.29 is 9.53 Å². The van der Waals surface area contributed by atoms with Crippen molar-refractivity contribution >= 4 is 46.7 Å². The molecule has 0 atom stereocenters. The standard InChI is InChI=1S/C18H18ClNO2S2/c1-12-9-15(5-6-16(12)19)22-11-17(21)20-14-4-2-3-13(10-14)18-23-7-8-24-18/h2-6,9-10,18H,7-8,11H2,1H3,(H,20,21). The fourth-order valence-corrected chi connectivity index (χ4v) is 5.32. The van der Waals surface area contributed by atoms with E-state index in [-0.39, 0.29) is 12.5 Å². The molecular weight excluding hydrogens is 362 g/mol. The zero-order valence-corrected chi connectivity index (χ0v) is 15.6. The normalized spacial score (nSPS) is 14.6. The molecule has 1 saturated heterocycles. The number of anilines is 1. The van der Waals surface area contributed by atoms with Crippen LogP contribution in [0.4, 0.5) is 5.69 Å². The van der Waals surface area contributed by atoms with Crippen LogP contribution in [0.25, 0.3) is 0 Å². The highest BCUT2D eigenvalue weighted by atomic mass is 35.5. The number of ether oxygens (including phenoxy) is 1. The van der Waals surface area contributed by atoms with Crippen molar-refractivity contribution in [3.8, 4) is 5.75 Å². The first-order chi connectivity index (χ1) is 11.6. The maximum atomic E-state index is 12.1.